The van der Waals surface area contributed by atoms with Gasteiger partial charge in [-0.25, -0.2) is 0 Å². The van der Waals surface area contributed by atoms with E-state index in [1.54, 1.807) is 17.0 Å². The first-order valence-electron chi connectivity index (χ1n) is 8.99. The lowest BCUT2D eigenvalue weighted by Gasteiger charge is -2.37. The monoisotopic (exact) mass is 384 g/mol. The molecule has 2 amide bonds. The van der Waals surface area contributed by atoms with Crippen molar-refractivity contribution in [3.05, 3.63) is 24.2 Å². The number of hydrogen-bond acceptors (Lipinski definition) is 5. The third-order valence-electron chi connectivity index (χ3n) is 5.60. The van der Waals surface area contributed by atoms with E-state index in [9.17, 15) is 9.59 Å². The molecule has 2 aliphatic heterocycles. The van der Waals surface area contributed by atoms with E-state index >= 15 is 0 Å². The summed E-state index contributed by atoms with van der Waals surface area (Å²) in [6.07, 6.45) is 2.53. The van der Waals surface area contributed by atoms with Crippen LogP contribution in [0.15, 0.2) is 22.8 Å². The molecule has 0 radical (unpaired) electrons. The fourth-order valence-corrected chi connectivity index (χ4v) is 3.67. The lowest BCUT2D eigenvalue weighted by molar-refractivity contribution is -0.137. The molecule has 1 aromatic heterocycles. The lowest BCUT2D eigenvalue weighted by atomic mass is 9.90. The number of carbonyl (C=O) groups is 2. The molecule has 8 heteroatoms. The van der Waals surface area contributed by atoms with Crippen LogP contribution in [-0.2, 0) is 4.79 Å². The zero-order valence-electron chi connectivity index (χ0n) is 15.5. The van der Waals surface area contributed by atoms with E-state index in [-0.39, 0.29) is 35.7 Å². The van der Waals surface area contributed by atoms with Gasteiger partial charge in [-0.3, -0.25) is 14.5 Å². The van der Waals surface area contributed by atoms with Gasteiger partial charge in [0.1, 0.15) is 0 Å². The molecule has 0 saturated carbocycles. The molecular weight excluding hydrogens is 356 g/mol. The number of likely N-dealkylation sites (tertiary alicyclic amines) is 1. The Labute approximate surface area is 160 Å². The van der Waals surface area contributed by atoms with Gasteiger partial charge in [0, 0.05) is 32.7 Å². The number of hydrogen-bond donors (Lipinski definition) is 1. The molecule has 0 spiro atoms. The Balaban J connectivity index is 0.00000243. The van der Waals surface area contributed by atoms with Gasteiger partial charge in [0.25, 0.3) is 5.91 Å². The van der Waals surface area contributed by atoms with Gasteiger partial charge >= 0.3 is 0 Å². The maximum atomic E-state index is 12.8. The average molecular weight is 385 g/mol. The second-order valence-electron chi connectivity index (χ2n) is 7.51. The predicted octanol–water partition coefficient (Wildman–Crippen LogP) is 1.04. The summed E-state index contributed by atoms with van der Waals surface area (Å²) in [4.78, 5) is 31.0. The highest BCUT2D eigenvalue weighted by Gasteiger charge is 2.38. The first-order valence-corrected chi connectivity index (χ1v) is 8.99. The Bertz CT molecular complexity index is 616. The Morgan fingerprint density at radius 3 is 2.42 bits per heavy atom. The van der Waals surface area contributed by atoms with Crippen molar-refractivity contribution in [2.24, 2.45) is 11.1 Å². The molecule has 7 nitrogen and oxygen atoms in total. The van der Waals surface area contributed by atoms with Crippen molar-refractivity contribution in [3.63, 3.8) is 0 Å². The van der Waals surface area contributed by atoms with E-state index in [1.807, 2.05) is 11.8 Å². The van der Waals surface area contributed by atoms with Crippen molar-refractivity contribution < 1.29 is 14.0 Å². The van der Waals surface area contributed by atoms with Crippen LogP contribution in [0.5, 0.6) is 0 Å². The minimum Gasteiger partial charge on any atom is -0.459 e. The Kier molecular flexibility index (Phi) is 6.71. The number of rotatable bonds is 4. The topological polar surface area (TPSA) is 83.0 Å². The number of nitrogens with two attached hydrogens (primary N) is 1. The van der Waals surface area contributed by atoms with Crippen LogP contribution in [0.3, 0.4) is 0 Å². The van der Waals surface area contributed by atoms with E-state index in [2.05, 4.69) is 11.8 Å². The van der Waals surface area contributed by atoms with Gasteiger partial charge in [0.05, 0.1) is 12.3 Å². The highest BCUT2D eigenvalue weighted by molar-refractivity contribution is 5.91. The van der Waals surface area contributed by atoms with Gasteiger partial charge in [-0.05, 0) is 44.0 Å². The summed E-state index contributed by atoms with van der Waals surface area (Å²) in [6.45, 7) is 8.81. The number of carbonyl (C=O) groups excluding carboxylic acids is 2. The van der Waals surface area contributed by atoms with Crippen LogP contribution < -0.4 is 5.73 Å². The number of nitrogens with zero attached hydrogens (tertiary/aromatic N) is 3. The summed E-state index contributed by atoms with van der Waals surface area (Å²) in [5, 5.41) is 0. The van der Waals surface area contributed by atoms with Crippen molar-refractivity contribution in [3.8, 4) is 0 Å². The van der Waals surface area contributed by atoms with Gasteiger partial charge in [-0.2, -0.15) is 0 Å². The highest BCUT2D eigenvalue weighted by Crippen LogP contribution is 2.30. The van der Waals surface area contributed by atoms with E-state index in [4.69, 9.17) is 10.2 Å². The third-order valence-corrected chi connectivity index (χ3v) is 5.60. The van der Waals surface area contributed by atoms with E-state index in [1.165, 1.54) is 6.26 Å². The van der Waals surface area contributed by atoms with Crippen LogP contribution in [0.1, 0.15) is 30.8 Å². The summed E-state index contributed by atoms with van der Waals surface area (Å²) in [6, 6.07) is 3.24. The molecule has 3 heterocycles. The molecule has 2 unspecified atom stereocenters. The fraction of sp³-hybridized carbons (Fsp3) is 0.667. The Morgan fingerprint density at radius 2 is 1.88 bits per heavy atom. The van der Waals surface area contributed by atoms with Gasteiger partial charge in [0.2, 0.25) is 5.91 Å². The Hall–Kier alpha value is -1.57. The SMILES string of the molecule is CC(C(=O)N1CCN(C(=O)c2ccco2)CC1)N1CCC(C)(CN)C1.Cl. The summed E-state index contributed by atoms with van der Waals surface area (Å²) < 4.78 is 5.17. The standard InChI is InChI=1S/C18H28N4O3.ClH/c1-14(22-6-5-18(2,12-19)13-22)16(23)20-7-9-21(10-8-20)17(24)15-4-3-11-25-15;/h3-4,11,14H,5-10,12-13,19H2,1-2H3;1H. The molecule has 1 aromatic rings. The number of amides is 2. The second-order valence-corrected chi connectivity index (χ2v) is 7.51. The molecule has 2 saturated heterocycles. The maximum Gasteiger partial charge on any atom is 0.289 e. The van der Waals surface area contributed by atoms with Crippen molar-refractivity contribution >= 4 is 24.2 Å². The molecule has 0 bridgehead atoms. The van der Waals surface area contributed by atoms with Crippen LogP contribution in [-0.4, -0.2) is 78.4 Å². The van der Waals surface area contributed by atoms with Gasteiger partial charge < -0.3 is 20.0 Å². The van der Waals surface area contributed by atoms with Crippen molar-refractivity contribution in [2.45, 2.75) is 26.3 Å². The van der Waals surface area contributed by atoms with Crippen molar-refractivity contribution in [2.75, 3.05) is 45.8 Å². The number of piperazine rings is 1. The first-order chi connectivity index (χ1) is 11.9. The largest absolute Gasteiger partial charge is 0.459 e. The maximum absolute atomic E-state index is 12.8. The highest BCUT2D eigenvalue weighted by atomic mass is 35.5. The van der Waals surface area contributed by atoms with Gasteiger partial charge in [-0.1, -0.05) is 6.92 Å². The van der Waals surface area contributed by atoms with Crippen molar-refractivity contribution in [1.82, 2.24) is 14.7 Å². The van der Waals surface area contributed by atoms with Crippen LogP contribution >= 0.6 is 12.4 Å². The lowest BCUT2D eigenvalue weighted by Crippen LogP contribution is -2.55. The quantitative estimate of drug-likeness (QED) is 0.838. The molecule has 2 atom stereocenters. The minimum absolute atomic E-state index is 0. The second kappa shape index (κ2) is 8.41. The zero-order chi connectivity index (χ0) is 18.0. The summed E-state index contributed by atoms with van der Waals surface area (Å²) in [7, 11) is 0. The summed E-state index contributed by atoms with van der Waals surface area (Å²) in [5.74, 6) is 0.390. The third kappa shape index (κ3) is 4.22. The van der Waals surface area contributed by atoms with Crippen LogP contribution in [0.4, 0.5) is 0 Å². The van der Waals surface area contributed by atoms with Gasteiger partial charge in [0.15, 0.2) is 5.76 Å². The molecule has 0 aliphatic carbocycles. The zero-order valence-corrected chi connectivity index (χ0v) is 16.3. The Morgan fingerprint density at radius 1 is 1.23 bits per heavy atom. The summed E-state index contributed by atoms with van der Waals surface area (Å²) in [5.41, 5.74) is 5.98. The fourth-order valence-electron chi connectivity index (χ4n) is 3.67. The van der Waals surface area contributed by atoms with E-state index < -0.39 is 0 Å². The molecule has 2 aliphatic rings. The molecule has 3 rings (SSSR count). The predicted molar refractivity (Wildman–Crippen MR) is 101 cm³/mol. The van der Waals surface area contributed by atoms with E-state index in [0.717, 1.165) is 19.5 Å². The number of halogens is 1. The molecule has 2 N–H and O–H groups in total. The molecule has 26 heavy (non-hydrogen) atoms. The molecule has 146 valence electrons. The summed E-state index contributed by atoms with van der Waals surface area (Å²) >= 11 is 0. The molecule has 2 fully saturated rings. The number of furan rings is 1. The van der Waals surface area contributed by atoms with Crippen LogP contribution in [0.25, 0.3) is 0 Å². The van der Waals surface area contributed by atoms with Gasteiger partial charge in [-0.15, -0.1) is 12.4 Å². The minimum atomic E-state index is -0.138. The average Bonchev–Trinajstić information content (AvgIpc) is 3.30. The smallest absolute Gasteiger partial charge is 0.289 e. The normalized spacial score (nSPS) is 25.0. The van der Waals surface area contributed by atoms with Crippen LogP contribution in [0.2, 0.25) is 0 Å². The first kappa shape index (κ1) is 20.7. The van der Waals surface area contributed by atoms with Crippen molar-refractivity contribution in [1.29, 1.82) is 0 Å². The van der Waals surface area contributed by atoms with E-state index in [0.29, 0.717) is 38.5 Å². The molecular formula is C18H29ClN4O3. The van der Waals surface area contributed by atoms with Crippen LogP contribution in [0, 0.1) is 5.41 Å². The molecule has 0 aromatic carbocycles.